The highest BCUT2D eigenvalue weighted by molar-refractivity contribution is 5.38. The van der Waals surface area contributed by atoms with Crippen LogP contribution in [-0.2, 0) is 0 Å². The van der Waals surface area contributed by atoms with Crippen LogP contribution in [0.4, 0.5) is 0 Å². The summed E-state index contributed by atoms with van der Waals surface area (Å²) in [6, 6.07) is 6.32. The van der Waals surface area contributed by atoms with E-state index < -0.39 is 0 Å². The van der Waals surface area contributed by atoms with Crippen LogP contribution in [-0.4, -0.2) is 30.6 Å². The number of benzene rings is 1. The van der Waals surface area contributed by atoms with Crippen molar-refractivity contribution in [3.05, 3.63) is 29.3 Å². The minimum atomic E-state index is -0.0193. The molecule has 1 aromatic carbocycles. The molecule has 4 heteroatoms. The van der Waals surface area contributed by atoms with Crippen LogP contribution in [0.3, 0.4) is 0 Å². The van der Waals surface area contributed by atoms with Crippen LogP contribution in [0, 0.1) is 6.92 Å². The number of nitrogens with one attached hydrogen (secondary N) is 1. The molecule has 2 rings (SSSR count). The number of likely N-dealkylation sites (tertiary alicyclic amines) is 1. The summed E-state index contributed by atoms with van der Waals surface area (Å²) in [5.74, 6) is 6.82. The lowest BCUT2D eigenvalue weighted by Crippen LogP contribution is -2.55. The summed E-state index contributed by atoms with van der Waals surface area (Å²) < 4.78 is 5.30. The van der Waals surface area contributed by atoms with Gasteiger partial charge in [-0.3, -0.25) is 16.2 Å². The Hall–Kier alpha value is -1.10. The number of aryl methyl sites for hydroxylation is 1. The number of piperidine rings is 1. The minimum absolute atomic E-state index is 0.0193. The van der Waals surface area contributed by atoms with Crippen molar-refractivity contribution >= 4 is 0 Å². The molecule has 3 N–H and O–H groups in total. The molecule has 1 aliphatic heterocycles. The number of nitrogens with two attached hydrogens (primary N) is 1. The smallest absolute Gasteiger partial charge is 0.119 e. The van der Waals surface area contributed by atoms with Gasteiger partial charge in [-0.15, -0.1) is 0 Å². The van der Waals surface area contributed by atoms with Gasteiger partial charge in [0.1, 0.15) is 5.75 Å². The molecule has 0 spiro atoms. The Labute approximate surface area is 128 Å². The molecule has 0 saturated carbocycles. The Morgan fingerprint density at radius 2 is 1.90 bits per heavy atom. The number of nitrogens with zero attached hydrogens (tertiary/aromatic N) is 1. The fourth-order valence-corrected chi connectivity index (χ4v) is 3.43. The van der Waals surface area contributed by atoms with Gasteiger partial charge < -0.3 is 4.74 Å². The Bertz CT molecular complexity index is 467. The number of ether oxygens (including phenoxy) is 1. The van der Waals surface area contributed by atoms with E-state index in [2.05, 4.69) is 43.2 Å². The fraction of sp³-hybridized carbons (Fsp3) is 0.647. The molecule has 118 valence electrons. The molecule has 1 aliphatic rings. The zero-order chi connectivity index (χ0) is 15.5. The molecule has 1 heterocycles. The van der Waals surface area contributed by atoms with Crippen molar-refractivity contribution in [1.82, 2.24) is 10.3 Å². The van der Waals surface area contributed by atoms with E-state index in [-0.39, 0.29) is 11.6 Å². The third-order valence-corrected chi connectivity index (χ3v) is 4.83. The lowest BCUT2D eigenvalue weighted by atomic mass is 9.84. The maximum Gasteiger partial charge on any atom is 0.119 e. The third-order valence-electron chi connectivity index (χ3n) is 4.83. The van der Waals surface area contributed by atoms with E-state index in [1.807, 2.05) is 6.07 Å². The predicted octanol–water partition coefficient (Wildman–Crippen LogP) is 2.77. The summed E-state index contributed by atoms with van der Waals surface area (Å²) >= 11 is 0. The van der Waals surface area contributed by atoms with Crippen molar-refractivity contribution < 1.29 is 4.74 Å². The van der Waals surface area contributed by atoms with Crippen LogP contribution in [0.2, 0.25) is 0 Å². The van der Waals surface area contributed by atoms with Gasteiger partial charge in [-0.1, -0.05) is 12.5 Å². The second kappa shape index (κ2) is 6.77. The second-order valence-electron chi connectivity index (χ2n) is 6.52. The summed E-state index contributed by atoms with van der Waals surface area (Å²) in [6.07, 6.45) is 3.90. The first-order valence-corrected chi connectivity index (χ1v) is 7.86. The van der Waals surface area contributed by atoms with E-state index in [1.54, 1.807) is 7.11 Å². The zero-order valence-electron chi connectivity index (χ0n) is 13.8. The lowest BCUT2D eigenvalue weighted by Gasteiger charge is -2.46. The molecule has 0 aliphatic carbocycles. The molecule has 0 radical (unpaired) electrons. The normalized spacial score (nSPS) is 18.5. The first-order chi connectivity index (χ1) is 10.0. The molecule has 1 atom stereocenters. The van der Waals surface area contributed by atoms with Gasteiger partial charge in [0.15, 0.2) is 0 Å². The summed E-state index contributed by atoms with van der Waals surface area (Å²) in [5.41, 5.74) is 5.49. The van der Waals surface area contributed by atoms with Crippen molar-refractivity contribution in [3.8, 4) is 5.75 Å². The molecule has 0 bridgehead atoms. The molecular formula is C17H29N3O. The van der Waals surface area contributed by atoms with E-state index in [9.17, 15) is 0 Å². The third kappa shape index (κ3) is 3.39. The van der Waals surface area contributed by atoms with Gasteiger partial charge in [0.25, 0.3) is 0 Å². The van der Waals surface area contributed by atoms with E-state index in [4.69, 9.17) is 10.6 Å². The van der Waals surface area contributed by atoms with Crippen molar-refractivity contribution in [2.24, 2.45) is 5.84 Å². The van der Waals surface area contributed by atoms with Gasteiger partial charge in [-0.25, -0.2) is 0 Å². The molecule has 21 heavy (non-hydrogen) atoms. The minimum Gasteiger partial charge on any atom is -0.497 e. The van der Waals surface area contributed by atoms with Crippen LogP contribution in [0.25, 0.3) is 0 Å². The lowest BCUT2D eigenvalue weighted by molar-refractivity contribution is 0.0606. The van der Waals surface area contributed by atoms with Crippen molar-refractivity contribution in [1.29, 1.82) is 0 Å². The molecule has 4 nitrogen and oxygen atoms in total. The van der Waals surface area contributed by atoms with E-state index in [0.717, 1.165) is 18.8 Å². The second-order valence-corrected chi connectivity index (χ2v) is 6.52. The van der Waals surface area contributed by atoms with Gasteiger partial charge in [0, 0.05) is 5.54 Å². The Kier molecular flexibility index (Phi) is 5.25. The number of methoxy groups -OCH3 is 1. The average Bonchev–Trinajstić information content (AvgIpc) is 2.50. The number of hydrogen-bond acceptors (Lipinski definition) is 4. The molecule has 0 aromatic heterocycles. The SMILES string of the molecule is COc1ccc(C(NN)C(C)(C)N2CCCCC2)c(C)c1. The number of rotatable bonds is 5. The first-order valence-electron chi connectivity index (χ1n) is 7.86. The van der Waals surface area contributed by atoms with Gasteiger partial charge in [0.05, 0.1) is 13.2 Å². The highest BCUT2D eigenvalue weighted by Crippen LogP contribution is 2.35. The van der Waals surface area contributed by atoms with Crippen molar-refractivity contribution in [2.75, 3.05) is 20.2 Å². The van der Waals surface area contributed by atoms with E-state index in [1.165, 1.54) is 30.4 Å². The molecule has 1 saturated heterocycles. The first kappa shape index (κ1) is 16.3. The molecule has 1 unspecified atom stereocenters. The summed E-state index contributed by atoms with van der Waals surface area (Å²) in [6.45, 7) is 8.99. The fourth-order valence-electron chi connectivity index (χ4n) is 3.43. The molecule has 0 amide bonds. The average molecular weight is 291 g/mol. The quantitative estimate of drug-likeness (QED) is 0.647. The van der Waals surface area contributed by atoms with Crippen LogP contribution in [0.1, 0.15) is 50.3 Å². The van der Waals surface area contributed by atoms with Crippen LogP contribution >= 0.6 is 0 Å². The van der Waals surface area contributed by atoms with Gasteiger partial charge in [-0.2, -0.15) is 0 Å². The van der Waals surface area contributed by atoms with Crippen molar-refractivity contribution in [2.45, 2.75) is 51.6 Å². The van der Waals surface area contributed by atoms with Crippen LogP contribution < -0.4 is 16.0 Å². The van der Waals surface area contributed by atoms with Gasteiger partial charge >= 0.3 is 0 Å². The largest absolute Gasteiger partial charge is 0.497 e. The highest BCUT2D eigenvalue weighted by atomic mass is 16.5. The van der Waals surface area contributed by atoms with Gasteiger partial charge in [0.2, 0.25) is 0 Å². The van der Waals surface area contributed by atoms with Crippen LogP contribution in [0.5, 0.6) is 5.75 Å². The maximum atomic E-state index is 5.93. The Morgan fingerprint density at radius 3 is 2.43 bits per heavy atom. The molecule has 1 aromatic rings. The number of hydrazine groups is 1. The predicted molar refractivity (Wildman–Crippen MR) is 87.3 cm³/mol. The zero-order valence-corrected chi connectivity index (χ0v) is 13.8. The topological polar surface area (TPSA) is 50.5 Å². The Balaban J connectivity index is 2.29. The Morgan fingerprint density at radius 1 is 1.24 bits per heavy atom. The molecule has 1 fully saturated rings. The van der Waals surface area contributed by atoms with E-state index in [0.29, 0.717) is 0 Å². The summed E-state index contributed by atoms with van der Waals surface area (Å²) in [7, 11) is 1.70. The highest BCUT2D eigenvalue weighted by Gasteiger charge is 2.37. The maximum absolute atomic E-state index is 5.93. The van der Waals surface area contributed by atoms with Crippen LogP contribution in [0.15, 0.2) is 18.2 Å². The number of hydrogen-bond donors (Lipinski definition) is 2. The molecular weight excluding hydrogens is 262 g/mol. The van der Waals surface area contributed by atoms with Gasteiger partial charge in [-0.05, 0) is 70.0 Å². The monoisotopic (exact) mass is 291 g/mol. The summed E-state index contributed by atoms with van der Waals surface area (Å²) in [4.78, 5) is 2.56. The van der Waals surface area contributed by atoms with Crippen molar-refractivity contribution in [3.63, 3.8) is 0 Å². The summed E-state index contributed by atoms with van der Waals surface area (Å²) in [5, 5.41) is 0. The standard InChI is InChI=1S/C17H29N3O/c1-13-12-14(21-4)8-9-15(13)16(19-18)17(2,3)20-10-6-5-7-11-20/h8-9,12,16,19H,5-7,10-11,18H2,1-4H3. The van der Waals surface area contributed by atoms with E-state index >= 15 is 0 Å².